The molecule has 0 spiro atoms. The summed E-state index contributed by atoms with van der Waals surface area (Å²) in [5, 5.41) is 7.66. The van der Waals surface area contributed by atoms with E-state index in [9.17, 15) is 0 Å². The molecule has 0 unspecified atom stereocenters. The van der Waals surface area contributed by atoms with Crippen LogP contribution in [0.25, 0.3) is 0 Å². The topological polar surface area (TPSA) is 33.1 Å². The molecule has 0 radical (unpaired) electrons. The number of rotatable bonds is 5. The summed E-state index contributed by atoms with van der Waals surface area (Å²) < 4.78 is 1.90. The smallest absolute Gasteiger partial charge is 0.0571 e. The average Bonchev–Trinajstić information content (AvgIpc) is 3.09. The number of aromatic nitrogens is 2. The molecule has 0 amide bonds. The first-order valence-electron chi connectivity index (χ1n) is 7.33. The van der Waals surface area contributed by atoms with Crippen LogP contribution in [-0.2, 0) is 20.1 Å². The van der Waals surface area contributed by atoms with E-state index in [1.165, 1.54) is 42.9 Å². The average molecular weight is 270 g/mol. The Morgan fingerprint density at radius 3 is 2.80 bits per heavy atom. The summed E-state index contributed by atoms with van der Waals surface area (Å²) in [4.78, 5) is 2.53. The minimum atomic E-state index is 0.809. The minimum absolute atomic E-state index is 0.809. The van der Waals surface area contributed by atoms with Gasteiger partial charge in [0.25, 0.3) is 0 Å². The third-order valence-electron chi connectivity index (χ3n) is 3.93. The molecule has 106 valence electrons. The van der Waals surface area contributed by atoms with Gasteiger partial charge in [0.1, 0.15) is 0 Å². The number of nitrogens with zero attached hydrogens (tertiary/aromatic N) is 3. The zero-order valence-electron chi connectivity index (χ0n) is 12.0. The fourth-order valence-electron chi connectivity index (χ4n) is 2.75. The predicted octanol–water partition coefficient (Wildman–Crippen LogP) is 2.63. The molecule has 1 fully saturated rings. The molecule has 1 aromatic heterocycles. The highest BCUT2D eigenvalue weighted by molar-refractivity contribution is 5.46. The lowest BCUT2D eigenvalue weighted by atomic mass is 10.2. The van der Waals surface area contributed by atoms with Gasteiger partial charge in [-0.1, -0.05) is 12.1 Å². The van der Waals surface area contributed by atoms with Crippen molar-refractivity contribution in [3.05, 3.63) is 47.8 Å². The van der Waals surface area contributed by atoms with Gasteiger partial charge in [-0.15, -0.1) is 0 Å². The van der Waals surface area contributed by atoms with Crippen molar-refractivity contribution in [2.24, 2.45) is 7.05 Å². The summed E-state index contributed by atoms with van der Waals surface area (Å²) >= 11 is 0. The van der Waals surface area contributed by atoms with Crippen molar-refractivity contribution < 1.29 is 0 Å². The van der Waals surface area contributed by atoms with Gasteiger partial charge in [-0.05, 0) is 49.7 Å². The molecular formula is C16H22N4. The Balaban J connectivity index is 1.60. The Kier molecular flexibility index (Phi) is 4.02. The van der Waals surface area contributed by atoms with Gasteiger partial charge in [0.15, 0.2) is 0 Å². The number of likely N-dealkylation sites (tertiary alicyclic amines) is 1. The van der Waals surface area contributed by atoms with Crippen LogP contribution in [0.1, 0.15) is 24.1 Å². The van der Waals surface area contributed by atoms with Gasteiger partial charge in [-0.3, -0.25) is 9.58 Å². The summed E-state index contributed by atoms with van der Waals surface area (Å²) in [5.74, 6) is 0. The van der Waals surface area contributed by atoms with Crippen LogP contribution in [0.5, 0.6) is 0 Å². The predicted molar refractivity (Wildman–Crippen MR) is 81.5 cm³/mol. The van der Waals surface area contributed by atoms with Gasteiger partial charge >= 0.3 is 0 Å². The number of hydrogen-bond acceptors (Lipinski definition) is 3. The maximum Gasteiger partial charge on any atom is 0.0571 e. The maximum atomic E-state index is 4.18. The fraction of sp³-hybridized carbons (Fsp3) is 0.438. The van der Waals surface area contributed by atoms with E-state index in [2.05, 4.69) is 39.6 Å². The van der Waals surface area contributed by atoms with Crippen molar-refractivity contribution in [1.82, 2.24) is 14.7 Å². The van der Waals surface area contributed by atoms with Crippen LogP contribution in [0.15, 0.2) is 36.5 Å². The van der Waals surface area contributed by atoms with Crippen molar-refractivity contribution in [1.29, 1.82) is 0 Å². The summed E-state index contributed by atoms with van der Waals surface area (Å²) in [5.41, 5.74) is 3.76. The summed E-state index contributed by atoms with van der Waals surface area (Å²) in [6.07, 6.45) is 4.53. The number of aryl methyl sites for hydroxylation is 1. The van der Waals surface area contributed by atoms with Crippen LogP contribution in [-0.4, -0.2) is 27.8 Å². The molecule has 0 atom stereocenters. The first-order chi connectivity index (χ1) is 9.81. The second-order valence-electron chi connectivity index (χ2n) is 5.48. The maximum absolute atomic E-state index is 4.18. The third kappa shape index (κ3) is 3.20. The highest BCUT2D eigenvalue weighted by atomic mass is 15.3. The molecule has 4 heteroatoms. The van der Waals surface area contributed by atoms with Gasteiger partial charge in [0, 0.05) is 25.5 Å². The molecule has 1 aromatic carbocycles. The number of hydrogen-bond donors (Lipinski definition) is 1. The van der Waals surface area contributed by atoms with E-state index in [1.54, 1.807) is 0 Å². The Hall–Kier alpha value is -1.81. The molecule has 1 N–H and O–H groups in total. The van der Waals surface area contributed by atoms with Gasteiger partial charge in [-0.2, -0.15) is 5.10 Å². The first-order valence-corrected chi connectivity index (χ1v) is 7.33. The SMILES string of the molecule is Cn1nccc1CNc1cccc(CN2CCCC2)c1. The zero-order valence-corrected chi connectivity index (χ0v) is 12.0. The first kappa shape index (κ1) is 13.2. The Morgan fingerprint density at radius 2 is 2.05 bits per heavy atom. The van der Waals surface area contributed by atoms with Crippen molar-refractivity contribution in [2.75, 3.05) is 18.4 Å². The molecule has 2 aromatic rings. The highest BCUT2D eigenvalue weighted by Crippen LogP contribution is 2.16. The van der Waals surface area contributed by atoms with Crippen molar-refractivity contribution >= 4 is 5.69 Å². The van der Waals surface area contributed by atoms with Crippen LogP contribution < -0.4 is 5.32 Å². The van der Waals surface area contributed by atoms with Crippen LogP contribution in [0.2, 0.25) is 0 Å². The molecule has 0 saturated carbocycles. The molecule has 0 bridgehead atoms. The molecule has 1 saturated heterocycles. The minimum Gasteiger partial charge on any atom is -0.379 e. The fourth-order valence-corrected chi connectivity index (χ4v) is 2.75. The summed E-state index contributed by atoms with van der Waals surface area (Å²) in [6.45, 7) is 4.37. The van der Waals surface area contributed by atoms with Crippen molar-refractivity contribution in [2.45, 2.75) is 25.9 Å². The monoisotopic (exact) mass is 270 g/mol. The van der Waals surface area contributed by atoms with Gasteiger partial charge < -0.3 is 5.32 Å². The molecule has 0 aliphatic carbocycles. The highest BCUT2D eigenvalue weighted by Gasteiger charge is 2.11. The zero-order chi connectivity index (χ0) is 13.8. The van der Waals surface area contributed by atoms with Crippen LogP contribution >= 0.6 is 0 Å². The summed E-state index contributed by atoms with van der Waals surface area (Å²) in [6, 6.07) is 10.8. The molecule has 1 aliphatic rings. The molecule has 2 heterocycles. The van der Waals surface area contributed by atoms with Crippen molar-refractivity contribution in [3.8, 4) is 0 Å². The normalized spacial score (nSPS) is 15.7. The van der Waals surface area contributed by atoms with Crippen LogP contribution in [0.4, 0.5) is 5.69 Å². The van der Waals surface area contributed by atoms with Gasteiger partial charge in [0.2, 0.25) is 0 Å². The van der Waals surface area contributed by atoms with Gasteiger partial charge in [0.05, 0.1) is 12.2 Å². The lowest BCUT2D eigenvalue weighted by Crippen LogP contribution is -2.18. The second-order valence-corrected chi connectivity index (χ2v) is 5.48. The molecule has 1 aliphatic heterocycles. The Bertz CT molecular complexity index is 555. The Labute approximate surface area is 120 Å². The van der Waals surface area contributed by atoms with E-state index in [0.717, 1.165) is 13.1 Å². The van der Waals surface area contributed by atoms with E-state index >= 15 is 0 Å². The van der Waals surface area contributed by atoms with Crippen LogP contribution in [0.3, 0.4) is 0 Å². The number of anilines is 1. The molecule has 4 nitrogen and oxygen atoms in total. The van der Waals surface area contributed by atoms with E-state index in [4.69, 9.17) is 0 Å². The number of nitrogens with one attached hydrogen (secondary N) is 1. The Morgan fingerprint density at radius 1 is 1.20 bits per heavy atom. The lowest BCUT2D eigenvalue weighted by molar-refractivity contribution is 0.331. The van der Waals surface area contributed by atoms with E-state index in [0.29, 0.717) is 0 Å². The number of benzene rings is 1. The van der Waals surface area contributed by atoms with E-state index < -0.39 is 0 Å². The van der Waals surface area contributed by atoms with Gasteiger partial charge in [-0.25, -0.2) is 0 Å². The molecule has 20 heavy (non-hydrogen) atoms. The molecular weight excluding hydrogens is 248 g/mol. The quantitative estimate of drug-likeness (QED) is 0.906. The van der Waals surface area contributed by atoms with Crippen LogP contribution in [0, 0.1) is 0 Å². The lowest BCUT2D eigenvalue weighted by Gasteiger charge is -2.15. The standard InChI is InChI=1S/C16H22N4/c1-19-16(7-8-18-19)12-17-15-6-4-5-14(11-15)13-20-9-2-3-10-20/h4-8,11,17H,2-3,9-10,12-13H2,1H3. The third-order valence-corrected chi connectivity index (χ3v) is 3.93. The molecule has 3 rings (SSSR count). The van der Waals surface area contributed by atoms with Crippen molar-refractivity contribution in [3.63, 3.8) is 0 Å². The summed E-state index contributed by atoms with van der Waals surface area (Å²) in [7, 11) is 1.97. The van der Waals surface area contributed by atoms with E-state index in [-0.39, 0.29) is 0 Å². The second kappa shape index (κ2) is 6.09. The largest absolute Gasteiger partial charge is 0.379 e. The van der Waals surface area contributed by atoms with E-state index in [1.807, 2.05) is 24.0 Å².